The number of hydrogen-bond acceptors (Lipinski definition) is 4. The normalized spacial score (nSPS) is 18.1. The molecule has 154 valence electrons. The SMILES string of the molecule is Cc1cc(NC2CCC(NC(=O)c3cccc(C#N)c3)CC2)nc2ccccc12.Cl. The molecule has 2 aromatic carbocycles. The number of nitriles is 1. The quantitative estimate of drug-likeness (QED) is 0.623. The zero-order valence-corrected chi connectivity index (χ0v) is 17.7. The molecule has 1 saturated carbocycles. The topological polar surface area (TPSA) is 77.8 Å². The third-order valence-corrected chi connectivity index (χ3v) is 5.59. The Morgan fingerprint density at radius 3 is 2.53 bits per heavy atom. The Hall–Kier alpha value is -3.10. The summed E-state index contributed by atoms with van der Waals surface area (Å²) in [5.74, 6) is 0.812. The molecule has 1 aliphatic rings. The van der Waals surface area contributed by atoms with Crippen molar-refractivity contribution >= 4 is 35.0 Å². The predicted molar refractivity (Wildman–Crippen MR) is 122 cm³/mol. The Morgan fingerprint density at radius 1 is 1.03 bits per heavy atom. The van der Waals surface area contributed by atoms with Gasteiger partial charge in [-0.25, -0.2) is 4.98 Å². The summed E-state index contributed by atoms with van der Waals surface area (Å²) >= 11 is 0. The number of para-hydroxylation sites is 1. The Kier molecular flexibility index (Phi) is 6.91. The van der Waals surface area contributed by atoms with Gasteiger partial charge in [0, 0.05) is 23.0 Å². The summed E-state index contributed by atoms with van der Waals surface area (Å²) < 4.78 is 0. The first-order chi connectivity index (χ1) is 14.1. The molecule has 4 rings (SSSR count). The molecule has 6 heteroatoms. The number of aryl methyl sites for hydroxylation is 1. The summed E-state index contributed by atoms with van der Waals surface area (Å²) in [6.07, 6.45) is 3.81. The van der Waals surface area contributed by atoms with Crippen LogP contribution in [0.5, 0.6) is 0 Å². The lowest BCUT2D eigenvalue weighted by Crippen LogP contribution is -2.40. The molecule has 30 heavy (non-hydrogen) atoms. The molecular weight excluding hydrogens is 396 g/mol. The minimum absolute atomic E-state index is 0. The summed E-state index contributed by atoms with van der Waals surface area (Å²) in [7, 11) is 0. The van der Waals surface area contributed by atoms with Crippen LogP contribution in [0.3, 0.4) is 0 Å². The van der Waals surface area contributed by atoms with Crippen LogP contribution in [0.4, 0.5) is 5.82 Å². The first-order valence-corrected chi connectivity index (χ1v) is 10.1. The highest BCUT2D eigenvalue weighted by Crippen LogP contribution is 2.25. The number of pyridine rings is 1. The number of hydrogen-bond donors (Lipinski definition) is 2. The molecule has 0 unspecified atom stereocenters. The molecule has 0 radical (unpaired) electrons. The molecule has 1 heterocycles. The summed E-state index contributed by atoms with van der Waals surface area (Å²) in [4.78, 5) is 17.2. The van der Waals surface area contributed by atoms with Crippen molar-refractivity contribution in [3.05, 3.63) is 71.3 Å². The summed E-state index contributed by atoms with van der Waals surface area (Å²) in [6, 6.07) is 19.7. The smallest absolute Gasteiger partial charge is 0.251 e. The molecule has 5 nitrogen and oxygen atoms in total. The van der Waals surface area contributed by atoms with Gasteiger partial charge in [-0.15, -0.1) is 12.4 Å². The average Bonchev–Trinajstić information content (AvgIpc) is 2.75. The van der Waals surface area contributed by atoms with E-state index in [0.29, 0.717) is 17.2 Å². The molecule has 1 aliphatic carbocycles. The van der Waals surface area contributed by atoms with E-state index in [1.165, 1.54) is 10.9 Å². The van der Waals surface area contributed by atoms with E-state index in [2.05, 4.69) is 35.8 Å². The van der Waals surface area contributed by atoms with E-state index in [-0.39, 0.29) is 24.4 Å². The van der Waals surface area contributed by atoms with Crippen LogP contribution < -0.4 is 10.6 Å². The summed E-state index contributed by atoms with van der Waals surface area (Å²) in [5.41, 5.74) is 3.28. The van der Waals surface area contributed by atoms with Crippen molar-refractivity contribution < 1.29 is 4.79 Å². The highest BCUT2D eigenvalue weighted by molar-refractivity contribution is 5.94. The number of benzene rings is 2. The van der Waals surface area contributed by atoms with Gasteiger partial charge in [0.25, 0.3) is 5.91 Å². The van der Waals surface area contributed by atoms with Crippen molar-refractivity contribution in [1.82, 2.24) is 10.3 Å². The van der Waals surface area contributed by atoms with Gasteiger partial charge in [0.2, 0.25) is 0 Å². The van der Waals surface area contributed by atoms with Gasteiger partial charge in [-0.2, -0.15) is 5.26 Å². The maximum absolute atomic E-state index is 12.5. The van der Waals surface area contributed by atoms with Crippen LogP contribution in [0, 0.1) is 18.3 Å². The predicted octanol–water partition coefficient (Wildman–Crippen LogP) is 4.99. The van der Waals surface area contributed by atoms with Gasteiger partial charge in [0.15, 0.2) is 0 Å². The molecule has 0 spiro atoms. The van der Waals surface area contributed by atoms with Crippen molar-refractivity contribution in [3.8, 4) is 6.07 Å². The van der Waals surface area contributed by atoms with E-state index in [1.807, 2.05) is 18.2 Å². The van der Waals surface area contributed by atoms with E-state index in [1.54, 1.807) is 24.3 Å². The lowest BCUT2D eigenvalue weighted by molar-refractivity contribution is 0.0926. The molecule has 0 saturated heterocycles. The number of amides is 1. The second-order valence-electron chi connectivity index (χ2n) is 7.70. The fraction of sp³-hybridized carbons (Fsp3) is 0.292. The Labute approximate surface area is 182 Å². The molecular formula is C24H25ClN4O. The van der Waals surface area contributed by atoms with Crippen LogP contribution in [0.2, 0.25) is 0 Å². The number of nitrogens with one attached hydrogen (secondary N) is 2. The Morgan fingerprint density at radius 2 is 1.77 bits per heavy atom. The fourth-order valence-corrected chi connectivity index (χ4v) is 4.01. The first-order valence-electron chi connectivity index (χ1n) is 10.1. The first kappa shape index (κ1) is 21.6. The molecule has 0 aliphatic heterocycles. The molecule has 0 atom stereocenters. The largest absolute Gasteiger partial charge is 0.367 e. The molecule has 3 aromatic rings. The molecule has 1 fully saturated rings. The molecule has 1 aromatic heterocycles. The number of carbonyl (C=O) groups is 1. The molecule has 1 amide bonds. The van der Waals surface area contributed by atoms with Crippen LogP contribution in [-0.2, 0) is 0 Å². The fourth-order valence-electron chi connectivity index (χ4n) is 4.01. The highest BCUT2D eigenvalue weighted by atomic mass is 35.5. The van der Waals surface area contributed by atoms with E-state index in [4.69, 9.17) is 10.2 Å². The minimum Gasteiger partial charge on any atom is -0.367 e. The third kappa shape index (κ3) is 4.90. The highest BCUT2D eigenvalue weighted by Gasteiger charge is 2.23. The van der Waals surface area contributed by atoms with Gasteiger partial charge >= 0.3 is 0 Å². The lowest BCUT2D eigenvalue weighted by Gasteiger charge is -2.30. The number of fused-ring (bicyclic) bond motifs is 1. The van der Waals surface area contributed by atoms with E-state index >= 15 is 0 Å². The monoisotopic (exact) mass is 420 g/mol. The number of carbonyl (C=O) groups excluding carboxylic acids is 1. The number of aromatic nitrogens is 1. The van der Waals surface area contributed by atoms with Gasteiger partial charge < -0.3 is 10.6 Å². The second kappa shape index (κ2) is 9.60. The Bertz CT molecular complexity index is 1080. The molecule has 0 bridgehead atoms. The number of rotatable bonds is 4. The van der Waals surface area contributed by atoms with Gasteiger partial charge in [-0.3, -0.25) is 4.79 Å². The van der Waals surface area contributed by atoms with Crippen molar-refractivity contribution in [2.24, 2.45) is 0 Å². The number of halogens is 1. The van der Waals surface area contributed by atoms with E-state index in [0.717, 1.165) is 37.0 Å². The van der Waals surface area contributed by atoms with Crippen LogP contribution in [0.15, 0.2) is 54.6 Å². The van der Waals surface area contributed by atoms with Crippen LogP contribution in [0.25, 0.3) is 10.9 Å². The van der Waals surface area contributed by atoms with Crippen molar-refractivity contribution in [1.29, 1.82) is 5.26 Å². The van der Waals surface area contributed by atoms with Crippen molar-refractivity contribution in [2.75, 3.05) is 5.32 Å². The van der Waals surface area contributed by atoms with Crippen LogP contribution in [0.1, 0.15) is 47.2 Å². The number of nitrogens with zero attached hydrogens (tertiary/aromatic N) is 2. The van der Waals surface area contributed by atoms with E-state index in [9.17, 15) is 4.79 Å². The van der Waals surface area contributed by atoms with Crippen molar-refractivity contribution in [3.63, 3.8) is 0 Å². The van der Waals surface area contributed by atoms with Gasteiger partial charge in [0.05, 0.1) is 17.1 Å². The Balaban J connectivity index is 0.00000256. The number of anilines is 1. The zero-order valence-electron chi connectivity index (χ0n) is 16.9. The maximum Gasteiger partial charge on any atom is 0.251 e. The second-order valence-corrected chi connectivity index (χ2v) is 7.70. The maximum atomic E-state index is 12.5. The van der Waals surface area contributed by atoms with Crippen molar-refractivity contribution in [2.45, 2.75) is 44.7 Å². The lowest BCUT2D eigenvalue weighted by atomic mass is 9.91. The van der Waals surface area contributed by atoms with Gasteiger partial charge in [-0.1, -0.05) is 24.3 Å². The van der Waals surface area contributed by atoms with Crippen LogP contribution in [-0.4, -0.2) is 23.0 Å². The minimum atomic E-state index is -0.106. The van der Waals surface area contributed by atoms with Gasteiger partial charge in [-0.05, 0) is 68.5 Å². The van der Waals surface area contributed by atoms with E-state index < -0.39 is 0 Å². The third-order valence-electron chi connectivity index (χ3n) is 5.59. The van der Waals surface area contributed by atoms with Crippen LogP contribution >= 0.6 is 12.4 Å². The summed E-state index contributed by atoms with van der Waals surface area (Å²) in [6.45, 7) is 2.11. The standard InChI is InChI=1S/C24H24N4O.ClH/c1-16-13-23(28-22-8-3-2-7-21(16)22)26-19-9-11-20(12-10-19)27-24(29)18-6-4-5-17(14-18)15-25;/h2-8,13-14,19-20H,9-12H2,1H3,(H,26,28)(H,27,29);1H. The average molecular weight is 421 g/mol. The zero-order chi connectivity index (χ0) is 20.2. The summed E-state index contributed by atoms with van der Waals surface area (Å²) in [5, 5.41) is 16.9. The van der Waals surface area contributed by atoms with Gasteiger partial charge in [0.1, 0.15) is 5.82 Å². The molecule has 2 N–H and O–H groups in total.